The summed E-state index contributed by atoms with van der Waals surface area (Å²) in [4.78, 5) is 0. The van der Waals surface area contributed by atoms with Gasteiger partial charge in [0.05, 0.1) is 2.74 Å². The van der Waals surface area contributed by atoms with E-state index in [0.29, 0.717) is 28.6 Å². The molecule has 0 unspecified atom stereocenters. The summed E-state index contributed by atoms with van der Waals surface area (Å²) in [6.07, 6.45) is 0. The minimum absolute atomic E-state index is 0.320. The number of benzene rings is 9. The molecular formula is C48H30O. The lowest BCUT2D eigenvalue weighted by atomic mass is 9.85. The first-order chi connectivity index (χ1) is 25.2. The highest BCUT2D eigenvalue weighted by atomic mass is 16.3. The second kappa shape index (κ2) is 11.1. The number of furan rings is 1. The standard InChI is InChI=1S/C48H30O/c1-2-12-31(13-3-1)32-24-26-33(27-25-32)46-39-18-6-8-20-41(39)47(42-21-9-7-19-40(42)46)37-17-10-16-36(28-37)38-22-11-23-44-48(38)43-29-34-14-4-5-15-35(34)30-45(43)49-44/h1-30H/i29D,30D. The van der Waals surface area contributed by atoms with Crippen LogP contribution < -0.4 is 0 Å². The molecular weight excluding hydrogens is 593 g/mol. The molecule has 0 fully saturated rings. The molecule has 0 saturated carbocycles. The third-order valence-electron chi connectivity index (χ3n) is 9.82. The average Bonchev–Trinajstić information content (AvgIpc) is 3.60. The summed E-state index contributed by atoms with van der Waals surface area (Å²) in [6, 6.07) is 60.1. The van der Waals surface area contributed by atoms with Crippen molar-refractivity contribution in [1.29, 1.82) is 0 Å². The van der Waals surface area contributed by atoms with E-state index in [2.05, 4.69) is 133 Å². The van der Waals surface area contributed by atoms with Gasteiger partial charge in [-0.1, -0.05) is 158 Å². The van der Waals surface area contributed by atoms with Crippen LogP contribution in [0, 0.1) is 0 Å². The monoisotopic (exact) mass is 624 g/mol. The molecule has 0 aliphatic carbocycles. The van der Waals surface area contributed by atoms with Crippen LogP contribution >= 0.6 is 0 Å². The van der Waals surface area contributed by atoms with Crippen LogP contribution in [-0.2, 0) is 0 Å². The molecule has 1 heteroatoms. The Hall–Kier alpha value is -6.44. The average molecular weight is 625 g/mol. The smallest absolute Gasteiger partial charge is 0.136 e. The van der Waals surface area contributed by atoms with Crippen LogP contribution in [-0.4, -0.2) is 0 Å². The maximum absolute atomic E-state index is 9.25. The molecule has 0 aliphatic heterocycles. The molecule has 228 valence electrons. The van der Waals surface area contributed by atoms with Gasteiger partial charge in [0.25, 0.3) is 0 Å². The van der Waals surface area contributed by atoms with E-state index in [1.165, 1.54) is 49.4 Å². The predicted molar refractivity (Wildman–Crippen MR) is 208 cm³/mol. The third-order valence-corrected chi connectivity index (χ3v) is 9.82. The molecule has 0 amide bonds. The number of hydrogen-bond acceptors (Lipinski definition) is 1. The summed E-state index contributed by atoms with van der Waals surface area (Å²) in [6.45, 7) is 0. The van der Waals surface area contributed by atoms with E-state index in [1.54, 1.807) is 0 Å². The van der Waals surface area contributed by atoms with Gasteiger partial charge in [0.1, 0.15) is 11.2 Å². The van der Waals surface area contributed by atoms with Crippen LogP contribution in [0.15, 0.2) is 186 Å². The first kappa shape index (κ1) is 25.6. The van der Waals surface area contributed by atoms with Gasteiger partial charge in [-0.2, -0.15) is 0 Å². The van der Waals surface area contributed by atoms with E-state index in [9.17, 15) is 1.37 Å². The Morgan fingerprint density at radius 2 is 0.857 bits per heavy atom. The van der Waals surface area contributed by atoms with Crippen LogP contribution in [0.4, 0.5) is 0 Å². The fourth-order valence-electron chi connectivity index (χ4n) is 7.61. The van der Waals surface area contributed by atoms with Crippen molar-refractivity contribution < 1.29 is 7.16 Å². The molecule has 0 radical (unpaired) electrons. The molecule has 1 aromatic heterocycles. The van der Waals surface area contributed by atoms with Gasteiger partial charge in [-0.3, -0.25) is 0 Å². The molecule has 49 heavy (non-hydrogen) atoms. The maximum atomic E-state index is 9.25. The Morgan fingerprint density at radius 1 is 0.347 bits per heavy atom. The SMILES string of the molecule is [2H]c1c2ccccc2c([2H])c2c1oc1cccc(-c3cccc(-c4c5ccccc5c(-c5ccc(-c6ccccc6)cc5)c5ccccc45)c3)c12. The van der Waals surface area contributed by atoms with E-state index in [1.807, 2.05) is 36.4 Å². The number of fused-ring (bicyclic) bond motifs is 6. The van der Waals surface area contributed by atoms with Crippen molar-refractivity contribution in [2.45, 2.75) is 0 Å². The second-order valence-electron chi connectivity index (χ2n) is 12.6. The molecule has 0 bridgehead atoms. The van der Waals surface area contributed by atoms with Crippen LogP contribution in [0.3, 0.4) is 0 Å². The Bertz CT molecular complexity index is 2920. The van der Waals surface area contributed by atoms with Crippen LogP contribution in [0.1, 0.15) is 2.74 Å². The van der Waals surface area contributed by atoms with Crippen molar-refractivity contribution in [3.05, 3.63) is 182 Å². The fourth-order valence-corrected chi connectivity index (χ4v) is 7.61. The molecule has 0 spiro atoms. The highest BCUT2D eigenvalue weighted by Crippen LogP contribution is 2.45. The van der Waals surface area contributed by atoms with Crippen molar-refractivity contribution in [2.75, 3.05) is 0 Å². The van der Waals surface area contributed by atoms with Crippen molar-refractivity contribution in [2.24, 2.45) is 0 Å². The van der Waals surface area contributed by atoms with Crippen molar-refractivity contribution in [3.8, 4) is 44.5 Å². The third kappa shape index (κ3) is 4.47. The zero-order valence-electron chi connectivity index (χ0n) is 28.6. The first-order valence-corrected chi connectivity index (χ1v) is 16.7. The highest BCUT2D eigenvalue weighted by Gasteiger charge is 2.18. The molecule has 10 rings (SSSR count). The van der Waals surface area contributed by atoms with Crippen molar-refractivity contribution >= 4 is 54.3 Å². The molecule has 10 aromatic rings. The normalized spacial score (nSPS) is 12.2. The highest BCUT2D eigenvalue weighted by molar-refractivity contribution is 6.22. The fraction of sp³-hybridized carbons (Fsp3) is 0. The summed E-state index contributed by atoms with van der Waals surface area (Å²) < 4.78 is 24.6. The Kier molecular flexibility index (Phi) is 5.79. The number of rotatable bonds is 4. The van der Waals surface area contributed by atoms with Crippen molar-refractivity contribution in [3.63, 3.8) is 0 Å². The zero-order valence-corrected chi connectivity index (χ0v) is 26.6. The van der Waals surface area contributed by atoms with Gasteiger partial charge >= 0.3 is 0 Å². The van der Waals surface area contributed by atoms with E-state index in [-0.39, 0.29) is 0 Å². The Labute approximate surface area is 287 Å². The summed E-state index contributed by atoms with van der Waals surface area (Å²) in [5, 5.41) is 7.86. The number of hydrogen-bond donors (Lipinski definition) is 0. The lowest BCUT2D eigenvalue weighted by Gasteiger charge is -2.18. The molecule has 1 heterocycles. The largest absolute Gasteiger partial charge is 0.456 e. The maximum Gasteiger partial charge on any atom is 0.136 e. The van der Waals surface area contributed by atoms with Crippen LogP contribution in [0.5, 0.6) is 0 Å². The van der Waals surface area contributed by atoms with Crippen LogP contribution in [0.25, 0.3) is 98.8 Å². The van der Waals surface area contributed by atoms with Crippen molar-refractivity contribution in [1.82, 2.24) is 0 Å². The van der Waals surface area contributed by atoms with Gasteiger partial charge in [-0.25, -0.2) is 0 Å². The predicted octanol–water partition coefficient (Wildman–Crippen LogP) is 13.7. The molecule has 0 saturated heterocycles. The molecule has 0 atom stereocenters. The minimum Gasteiger partial charge on any atom is -0.456 e. The van der Waals surface area contributed by atoms with Gasteiger partial charge < -0.3 is 4.42 Å². The van der Waals surface area contributed by atoms with Gasteiger partial charge in [-0.15, -0.1) is 0 Å². The van der Waals surface area contributed by atoms with Crippen LogP contribution in [0.2, 0.25) is 0 Å². The molecule has 0 N–H and O–H groups in total. The van der Waals surface area contributed by atoms with E-state index >= 15 is 0 Å². The molecule has 9 aromatic carbocycles. The summed E-state index contributed by atoms with van der Waals surface area (Å²) in [7, 11) is 0. The Balaban J connectivity index is 1.19. The van der Waals surface area contributed by atoms with Gasteiger partial charge in [0, 0.05) is 10.8 Å². The van der Waals surface area contributed by atoms with E-state index in [4.69, 9.17) is 5.79 Å². The lowest BCUT2D eigenvalue weighted by Crippen LogP contribution is -1.91. The topological polar surface area (TPSA) is 13.1 Å². The van der Waals surface area contributed by atoms with E-state index < -0.39 is 0 Å². The molecule has 1 nitrogen and oxygen atoms in total. The zero-order chi connectivity index (χ0) is 34.1. The van der Waals surface area contributed by atoms with Gasteiger partial charge in [0.15, 0.2) is 0 Å². The quantitative estimate of drug-likeness (QED) is 0.178. The lowest BCUT2D eigenvalue weighted by molar-refractivity contribution is 0.669. The molecule has 0 aliphatic rings. The van der Waals surface area contributed by atoms with Gasteiger partial charge in [0.2, 0.25) is 0 Å². The minimum atomic E-state index is 0.320. The summed E-state index contributed by atoms with van der Waals surface area (Å²) >= 11 is 0. The Morgan fingerprint density at radius 3 is 1.55 bits per heavy atom. The van der Waals surface area contributed by atoms with E-state index in [0.717, 1.165) is 32.8 Å². The summed E-state index contributed by atoms with van der Waals surface area (Å²) in [5.74, 6) is 0. The first-order valence-electron chi connectivity index (χ1n) is 17.7. The van der Waals surface area contributed by atoms with Gasteiger partial charge in [-0.05, 0) is 101 Å². The summed E-state index contributed by atoms with van der Waals surface area (Å²) in [5.41, 5.74) is 10.3. The second-order valence-corrected chi connectivity index (χ2v) is 12.6.